The number of hydrogen-bond acceptors (Lipinski definition) is 7. The van der Waals surface area contributed by atoms with Crippen LogP contribution in [-0.4, -0.2) is 49.9 Å². The summed E-state index contributed by atoms with van der Waals surface area (Å²) in [5.74, 6) is -2.68. The van der Waals surface area contributed by atoms with Crippen LogP contribution in [0.25, 0.3) is 11.2 Å². The van der Waals surface area contributed by atoms with Crippen molar-refractivity contribution in [1.82, 2.24) is 19.5 Å². The second-order valence-corrected chi connectivity index (χ2v) is 6.24. The summed E-state index contributed by atoms with van der Waals surface area (Å²) in [4.78, 5) is 12.2. The maximum Gasteiger partial charge on any atom is 0.266 e. The maximum atomic E-state index is 14.5. The number of aliphatic hydroxyl groups is 1. The number of rotatable bonds is 4. The quantitative estimate of drug-likeness (QED) is 0.863. The molecule has 0 aliphatic carbocycles. The molecule has 2 aromatic rings. The lowest BCUT2D eigenvalue weighted by atomic mass is 9.85. The van der Waals surface area contributed by atoms with Gasteiger partial charge in [-0.3, -0.25) is 4.57 Å². The lowest BCUT2D eigenvalue weighted by Crippen LogP contribution is -2.40. The Morgan fingerprint density at radius 2 is 2.17 bits per heavy atom. The predicted molar refractivity (Wildman–Crippen MR) is 80.6 cm³/mol. The number of nitrogens with two attached hydrogens (primary N) is 1. The number of imidazole rings is 1. The molecule has 0 spiro atoms. The van der Waals surface area contributed by atoms with Crippen LogP contribution in [0.3, 0.4) is 0 Å². The molecular formula is C14H19F2N5O3. The van der Waals surface area contributed by atoms with Gasteiger partial charge in [0.05, 0.1) is 12.9 Å². The zero-order valence-corrected chi connectivity index (χ0v) is 13.5. The van der Waals surface area contributed by atoms with Gasteiger partial charge < -0.3 is 20.3 Å². The normalized spacial score (nSPS) is 29.2. The molecule has 2 aromatic heterocycles. The van der Waals surface area contributed by atoms with E-state index < -0.39 is 30.3 Å². The number of nitrogens with zero attached hydrogens (tertiary/aromatic N) is 4. The zero-order valence-electron chi connectivity index (χ0n) is 13.5. The average Bonchev–Trinajstić information content (AvgIpc) is 3.01. The predicted octanol–water partition coefficient (Wildman–Crippen LogP) is 1.36. The lowest BCUT2D eigenvalue weighted by molar-refractivity contribution is -0.195. The fourth-order valence-electron chi connectivity index (χ4n) is 2.93. The van der Waals surface area contributed by atoms with E-state index in [4.69, 9.17) is 15.2 Å². The van der Waals surface area contributed by atoms with Crippen molar-refractivity contribution in [2.24, 2.45) is 5.41 Å². The van der Waals surface area contributed by atoms with Crippen LogP contribution >= 0.6 is 0 Å². The van der Waals surface area contributed by atoms with Gasteiger partial charge in [0, 0.05) is 5.41 Å². The number of fused-ring (bicyclic) bond motifs is 1. The summed E-state index contributed by atoms with van der Waals surface area (Å²) in [6, 6.07) is 0. The monoisotopic (exact) mass is 343 g/mol. The van der Waals surface area contributed by atoms with Crippen molar-refractivity contribution in [3.8, 4) is 5.88 Å². The van der Waals surface area contributed by atoms with E-state index in [1.54, 1.807) is 6.92 Å². The van der Waals surface area contributed by atoms with E-state index in [9.17, 15) is 13.9 Å². The van der Waals surface area contributed by atoms with Gasteiger partial charge >= 0.3 is 0 Å². The number of ether oxygens (including phenoxy) is 2. The molecule has 8 nitrogen and oxygen atoms in total. The summed E-state index contributed by atoms with van der Waals surface area (Å²) in [6.07, 6.45) is -1.79. The summed E-state index contributed by atoms with van der Waals surface area (Å²) < 4.78 is 40.9. The van der Waals surface area contributed by atoms with E-state index in [2.05, 4.69) is 15.0 Å². The Morgan fingerprint density at radius 1 is 1.46 bits per heavy atom. The van der Waals surface area contributed by atoms with Gasteiger partial charge in [0.1, 0.15) is 12.8 Å². The number of anilines is 1. The third-order valence-electron chi connectivity index (χ3n) is 4.13. The second-order valence-electron chi connectivity index (χ2n) is 6.24. The highest BCUT2D eigenvalue weighted by molar-refractivity contribution is 5.77. The highest BCUT2D eigenvalue weighted by Crippen LogP contribution is 2.52. The molecule has 0 saturated carbocycles. The van der Waals surface area contributed by atoms with Crippen molar-refractivity contribution in [3.63, 3.8) is 0 Å². The van der Waals surface area contributed by atoms with E-state index >= 15 is 0 Å². The van der Waals surface area contributed by atoms with Crippen molar-refractivity contribution in [3.05, 3.63) is 6.33 Å². The molecule has 0 amide bonds. The summed E-state index contributed by atoms with van der Waals surface area (Å²) >= 11 is 0. The zero-order chi connectivity index (χ0) is 17.7. The third-order valence-corrected chi connectivity index (χ3v) is 4.13. The number of aromatic nitrogens is 4. The fourth-order valence-corrected chi connectivity index (χ4v) is 2.93. The minimum atomic E-state index is -2.80. The van der Waals surface area contributed by atoms with Crippen LogP contribution in [0.5, 0.6) is 5.88 Å². The Bertz CT molecular complexity index is 768. The third kappa shape index (κ3) is 2.28. The lowest BCUT2D eigenvalue weighted by Gasteiger charge is -2.27. The molecule has 0 bridgehead atoms. The Hall–Kier alpha value is -2.07. The van der Waals surface area contributed by atoms with Crippen LogP contribution in [0.2, 0.25) is 0 Å². The van der Waals surface area contributed by atoms with Crippen LogP contribution in [0.15, 0.2) is 6.33 Å². The molecule has 10 heteroatoms. The van der Waals surface area contributed by atoms with Gasteiger partial charge in [0.2, 0.25) is 11.8 Å². The van der Waals surface area contributed by atoms with E-state index in [-0.39, 0.29) is 17.5 Å². The summed E-state index contributed by atoms with van der Waals surface area (Å²) in [6.45, 7) is 4.02. The topological polar surface area (TPSA) is 108 Å². The van der Waals surface area contributed by atoms with Gasteiger partial charge in [-0.1, -0.05) is 13.8 Å². The summed E-state index contributed by atoms with van der Waals surface area (Å²) in [7, 11) is 0. The first-order chi connectivity index (χ1) is 11.2. The molecule has 0 aromatic carbocycles. The van der Waals surface area contributed by atoms with Crippen molar-refractivity contribution < 1.29 is 23.4 Å². The van der Waals surface area contributed by atoms with Gasteiger partial charge in [0.15, 0.2) is 17.3 Å². The molecule has 1 aliphatic heterocycles. The molecule has 3 atom stereocenters. The number of nitrogen functional groups attached to an aromatic ring is 1. The van der Waals surface area contributed by atoms with E-state index in [0.717, 1.165) is 0 Å². The Balaban J connectivity index is 2.13. The smallest absolute Gasteiger partial charge is 0.266 e. The molecule has 0 unspecified atom stereocenters. The van der Waals surface area contributed by atoms with Crippen molar-refractivity contribution in [2.75, 3.05) is 18.9 Å². The molecule has 3 N–H and O–H groups in total. The van der Waals surface area contributed by atoms with Crippen LogP contribution in [0, 0.1) is 5.41 Å². The molecule has 24 heavy (non-hydrogen) atoms. The first-order valence-corrected chi connectivity index (χ1v) is 7.49. The number of hydrogen-bond donors (Lipinski definition) is 2. The fraction of sp³-hybridized carbons (Fsp3) is 0.643. The minimum Gasteiger partial charge on any atom is -0.476 e. The number of alkyl halides is 2. The Morgan fingerprint density at radius 3 is 2.75 bits per heavy atom. The second kappa shape index (κ2) is 5.49. The Labute approximate surface area is 136 Å². The summed E-state index contributed by atoms with van der Waals surface area (Å²) in [5.41, 5.74) is 4.94. The Kier molecular flexibility index (Phi) is 3.83. The van der Waals surface area contributed by atoms with Crippen molar-refractivity contribution in [2.45, 2.75) is 39.0 Å². The molecule has 1 saturated heterocycles. The summed E-state index contributed by atoms with van der Waals surface area (Å²) in [5, 5.41) is 9.18. The van der Waals surface area contributed by atoms with E-state index in [1.165, 1.54) is 24.7 Å². The van der Waals surface area contributed by atoms with Crippen LogP contribution in [0.4, 0.5) is 14.7 Å². The standard InChI is InChI=1S/C14H19F2N5O3/c1-4-23-9-7-8(19-12(17)20-9)21(6-18-7)11-13(2,3)10(15)14(16,5-22)24-11/h6,10-11,22H,4-5H2,1-3H3,(H2,17,19,20)/t10-,11+,14+/m0/s1. The molecular weight excluding hydrogens is 324 g/mol. The maximum absolute atomic E-state index is 14.5. The molecule has 132 valence electrons. The first-order valence-electron chi connectivity index (χ1n) is 7.49. The average molecular weight is 343 g/mol. The molecule has 3 heterocycles. The highest BCUT2D eigenvalue weighted by atomic mass is 19.2. The van der Waals surface area contributed by atoms with Gasteiger partial charge in [-0.05, 0) is 6.92 Å². The van der Waals surface area contributed by atoms with Crippen molar-refractivity contribution >= 4 is 17.1 Å². The van der Waals surface area contributed by atoms with Gasteiger partial charge in [-0.25, -0.2) is 13.8 Å². The largest absolute Gasteiger partial charge is 0.476 e. The van der Waals surface area contributed by atoms with Gasteiger partial charge in [0.25, 0.3) is 5.85 Å². The highest BCUT2D eigenvalue weighted by Gasteiger charge is 2.62. The number of halogens is 2. The van der Waals surface area contributed by atoms with Gasteiger partial charge in [-0.2, -0.15) is 9.97 Å². The van der Waals surface area contributed by atoms with E-state index in [0.29, 0.717) is 12.1 Å². The molecule has 1 fully saturated rings. The molecule has 3 rings (SSSR count). The molecule has 1 aliphatic rings. The van der Waals surface area contributed by atoms with Crippen molar-refractivity contribution in [1.29, 1.82) is 0 Å². The minimum absolute atomic E-state index is 0.0611. The first kappa shape index (κ1) is 16.8. The molecule has 0 radical (unpaired) electrons. The SMILES string of the molecule is CCOc1nc(N)nc2c1ncn2[C@@H]1O[C@](F)(CO)[C@@H](F)C1(C)C. The van der Waals surface area contributed by atoms with Crippen LogP contribution in [-0.2, 0) is 4.74 Å². The van der Waals surface area contributed by atoms with Crippen LogP contribution in [0.1, 0.15) is 27.0 Å². The van der Waals surface area contributed by atoms with Crippen LogP contribution < -0.4 is 10.5 Å². The van der Waals surface area contributed by atoms with E-state index in [1.807, 2.05) is 0 Å². The number of aliphatic hydroxyl groups excluding tert-OH is 1. The van der Waals surface area contributed by atoms with Gasteiger partial charge in [-0.15, -0.1) is 0 Å².